The van der Waals surface area contributed by atoms with Crippen LogP contribution in [0, 0.1) is 11.7 Å². The van der Waals surface area contributed by atoms with Gasteiger partial charge in [-0.15, -0.1) is 0 Å². The number of carbonyl (C=O) groups excluding carboxylic acids is 2. The van der Waals surface area contributed by atoms with E-state index in [1.54, 1.807) is 0 Å². The van der Waals surface area contributed by atoms with E-state index in [4.69, 9.17) is 21.1 Å². The maximum Gasteiger partial charge on any atom is 0.418 e. The van der Waals surface area contributed by atoms with Crippen LogP contribution < -0.4 is 0 Å². The van der Waals surface area contributed by atoms with Crippen LogP contribution in [0.15, 0.2) is 46.9 Å². The van der Waals surface area contributed by atoms with Gasteiger partial charge < -0.3 is 9.47 Å². The molecule has 13 heteroatoms. The zero-order valence-corrected chi connectivity index (χ0v) is 20.0. The number of hydrogen-bond donors (Lipinski definition) is 0. The summed E-state index contributed by atoms with van der Waals surface area (Å²) in [5.41, 5.74) is -4.12. The summed E-state index contributed by atoms with van der Waals surface area (Å²) >= 11 is 5.85. The van der Waals surface area contributed by atoms with Crippen molar-refractivity contribution in [2.24, 2.45) is 10.9 Å². The van der Waals surface area contributed by atoms with Crippen LogP contribution in [0.3, 0.4) is 0 Å². The van der Waals surface area contributed by atoms with Crippen LogP contribution in [0.2, 0.25) is 5.02 Å². The molecule has 0 saturated heterocycles. The zero-order chi connectivity index (χ0) is 26.8. The molecular weight excluding hydrogens is 513 g/mol. The minimum atomic E-state index is -5.20. The average molecular weight is 534 g/mol. The number of hydrogen-bond acceptors (Lipinski definition) is 6. The van der Waals surface area contributed by atoms with Gasteiger partial charge >= 0.3 is 18.1 Å². The summed E-state index contributed by atoms with van der Waals surface area (Å²) in [5.74, 6) is -7.74. The number of ether oxygens (including phenoxy) is 2. The zero-order valence-electron chi connectivity index (χ0n) is 19.3. The molecular formula is C23H21ClF5N3O4. The topological polar surface area (TPSA) is 82.8 Å². The van der Waals surface area contributed by atoms with Crippen molar-refractivity contribution in [3.8, 4) is 0 Å². The summed E-state index contributed by atoms with van der Waals surface area (Å²) in [7, 11) is 0.920. The third kappa shape index (κ3) is 5.43. The van der Waals surface area contributed by atoms with Gasteiger partial charge in [0.25, 0.3) is 0 Å². The van der Waals surface area contributed by atoms with Gasteiger partial charge in [-0.1, -0.05) is 11.6 Å². The van der Waals surface area contributed by atoms with E-state index in [9.17, 15) is 27.2 Å². The standard InChI is InChI=1S/C23H21ClF5N3O4/c1-11(2)36-22(34)18-15(10-32-8-4-7-30-32)31-14(9-25)17(21(33)35-3)19(18)16-13(26)6-5-12(24)20(16)23(27,28)29/h4-8,11,17,19H,9-10H2,1-3H3. The second-order valence-electron chi connectivity index (χ2n) is 8.05. The van der Waals surface area contributed by atoms with Crippen molar-refractivity contribution in [1.82, 2.24) is 9.78 Å². The Hall–Kier alpha value is -3.28. The fourth-order valence-corrected chi connectivity index (χ4v) is 4.29. The normalized spacial score (nSPS) is 18.3. The monoisotopic (exact) mass is 533 g/mol. The molecule has 3 rings (SSSR count). The Labute approximate surface area is 207 Å². The van der Waals surface area contributed by atoms with Crippen molar-refractivity contribution in [3.63, 3.8) is 0 Å². The molecule has 2 heterocycles. The summed E-state index contributed by atoms with van der Waals surface area (Å²) in [5, 5.41) is 3.10. The molecule has 0 fully saturated rings. The third-order valence-electron chi connectivity index (χ3n) is 5.35. The molecule has 1 aromatic heterocycles. The molecule has 1 aliphatic heterocycles. The van der Waals surface area contributed by atoms with Crippen LogP contribution in [0.5, 0.6) is 0 Å². The first-order valence-corrected chi connectivity index (χ1v) is 11.0. The fraction of sp³-hybridized carbons (Fsp3) is 0.391. The minimum absolute atomic E-state index is 0.255. The molecule has 1 aromatic carbocycles. The largest absolute Gasteiger partial charge is 0.468 e. The summed E-state index contributed by atoms with van der Waals surface area (Å²) < 4.78 is 83.1. The smallest absolute Gasteiger partial charge is 0.418 e. The molecule has 2 unspecified atom stereocenters. The maximum atomic E-state index is 15.3. The van der Waals surface area contributed by atoms with E-state index < -0.39 is 76.0 Å². The van der Waals surface area contributed by atoms with Gasteiger partial charge in [0.2, 0.25) is 0 Å². The second-order valence-corrected chi connectivity index (χ2v) is 8.46. The summed E-state index contributed by atoms with van der Waals surface area (Å²) in [6.45, 7) is 1.26. The highest BCUT2D eigenvalue weighted by atomic mass is 35.5. The Balaban J connectivity index is 2.45. The van der Waals surface area contributed by atoms with E-state index >= 15 is 4.39 Å². The molecule has 2 aromatic rings. The quantitative estimate of drug-likeness (QED) is 0.373. The lowest BCUT2D eigenvalue weighted by Gasteiger charge is -2.34. The van der Waals surface area contributed by atoms with Crippen LogP contribution in [0.4, 0.5) is 22.0 Å². The van der Waals surface area contributed by atoms with Gasteiger partial charge in [-0.05, 0) is 32.0 Å². The number of halogens is 6. The Morgan fingerprint density at radius 2 is 1.94 bits per heavy atom. The van der Waals surface area contributed by atoms with E-state index in [0.717, 1.165) is 7.11 Å². The maximum absolute atomic E-state index is 15.3. The molecule has 194 valence electrons. The molecule has 0 spiro atoms. The molecule has 0 amide bonds. The van der Waals surface area contributed by atoms with Gasteiger partial charge in [-0.25, -0.2) is 13.6 Å². The molecule has 7 nitrogen and oxygen atoms in total. The first-order chi connectivity index (χ1) is 16.9. The Morgan fingerprint density at radius 1 is 1.25 bits per heavy atom. The lowest BCUT2D eigenvalue weighted by molar-refractivity contribution is -0.146. The van der Waals surface area contributed by atoms with Crippen LogP contribution in [0.1, 0.15) is 30.9 Å². The Bertz CT molecular complexity index is 1210. The molecule has 0 radical (unpaired) electrons. The minimum Gasteiger partial charge on any atom is -0.468 e. The molecule has 0 N–H and O–H groups in total. The highest BCUT2D eigenvalue weighted by molar-refractivity contribution is 6.31. The first kappa shape index (κ1) is 27.3. The van der Waals surface area contributed by atoms with Crippen molar-refractivity contribution in [3.05, 3.63) is 63.8 Å². The van der Waals surface area contributed by atoms with E-state index in [-0.39, 0.29) is 12.2 Å². The van der Waals surface area contributed by atoms with Crippen LogP contribution in [-0.2, 0) is 31.8 Å². The van der Waals surface area contributed by atoms with E-state index in [1.165, 1.54) is 37.0 Å². The van der Waals surface area contributed by atoms with Gasteiger partial charge in [0.1, 0.15) is 18.4 Å². The van der Waals surface area contributed by atoms with Crippen molar-refractivity contribution < 1.29 is 41.0 Å². The number of carbonyl (C=O) groups is 2. The molecule has 0 aliphatic carbocycles. The van der Waals surface area contributed by atoms with Gasteiger partial charge in [0, 0.05) is 23.9 Å². The van der Waals surface area contributed by atoms with Crippen LogP contribution >= 0.6 is 11.6 Å². The number of esters is 2. The van der Waals surface area contributed by atoms with Gasteiger partial charge in [0.05, 0.1) is 47.3 Å². The first-order valence-electron chi connectivity index (χ1n) is 10.6. The Morgan fingerprint density at radius 3 is 2.47 bits per heavy atom. The predicted molar refractivity (Wildman–Crippen MR) is 119 cm³/mol. The summed E-state index contributed by atoms with van der Waals surface area (Å²) in [4.78, 5) is 30.1. The second kappa shape index (κ2) is 10.8. The van der Waals surface area contributed by atoms with Gasteiger partial charge in [-0.2, -0.15) is 18.3 Å². The fourth-order valence-electron chi connectivity index (χ4n) is 4.01. The summed E-state index contributed by atoms with van der Waals surface area (Å²) in [6.07, 6.45) is -3.09. The van der Waals surface area contributed by atoms with Crippen molar-refractivity contribution in [2.45, 2.75) is 38.6 Å². The number of allylic oxidation sites excluding steroid dienone is 1. The highest BCUT2D eigenvalue weighted by Gasteiger charge is 2.50. The number of alkyl halides is 4. The van der Waals surface area contributed by atoms with Crippen molar-refractivity contribution >= 4 is 29.3 Å². The lowest BCUT2D eigenvalue weighted by atomic mass is 9.73. The lowest BCUT2D eigenvalue weighted by Crippen LogP contribution is -2.40. The number of methoxy groups -OCH3 is 1. The Kier molecular flexibility index (Phi) is 8.17. The number of nitrogens with zero attached hydrogens (tertiary/aromatic N) is 3. The van der Waals surface area contributed by atoms with Crippen molar-refractivity contribution in [1.29, 1.82) is 0 Å². The summed E-state index contributed by atoms with van der Waals surface area (Å²) in [6, 6.07) is 2.90. The van der Waals surface area contributed by atoms with Gasteiger partial charge in [0.15, 0.2) is 0 Å². The van der Waals surface area contributed by atoms with Crippen LogP contribution in [-0.4, -0.2) is 47.3 Å². The molecule has 2 atom stereocenters. The molecule has 1 aliphatic rings. The SMILES string of the molecule is COC(=O)C1C(CF)=NC(Cn2cccn2)=C(C(=O)OC(C)C)C1c1c(F)ccc(Cl)c1C(F)(F)F. The van der Waals surface area contributed by atoms with E-state index in [2.05, 4.69) is 10.1 Å². The number of rotatable bonds is 7. The highest BCUT2D eigenvalue weighted by Crippen LogP contribution is 2.48. The van der Waals surface area contributed by atoms with Crippen molar-refractivity contribution in [2.75, 3.05) is 13.8 Å². The average Bonchev–Trinajstić information content (AvgIpc) is 3.30. The molecule has 36 heavy (non-hydrogen) atoms. The number of aliphatic imine (C=N–C) groups is 1. The number of aromatic nitrogens is 2. The number of benzene rings is 1. The van der Waals surface area contributed by atoms with E-state index in [1.807, 2.05) is 0 Å². The predicted octanol–water partition coefficient (Wildman–Crippen LogP) is 4.90. The van der Waals surface area contributed by atoms with E-state index in [0.29, 0.717) is 12.1 Å². The van der Waals surface area contributed by atoms with Crippen LogP contribution in [0.25, 0.3) is 0 Å². The third-order valence-corrected chi connectivity index (χ3v) is 5.67. The molecule has 0 saturated carbocycles. The van der Waals surface area contributed by atoms with Gasteiger partial charge in [-0.3, -0.25) is 14.5 Å². The molecule has 0 bridgehead atoms.